The van der Waals surface area contributed by atoms with Crippen LogP contribution in [0.1, 0.15) is 30.6 Å². The molecule has 114 valence electrons. The van der Waals surface area contributed by atoms with E-state index in [2.05, 4.69) is 10.3 Å². The van der Waals surface area contributed by atoms with Gasteiger partial charge >= 0.3 is 0 Å². The van der Waals surface area contributed by atoms with Crippen molar-refractivity contribution in [1.82, 2.24) is 10.3 Å². The molecule has 2 N–H and O–H groups in total. The Morgan fingerprint density at radius 1 is 1.35 bits per heavy atom. The third-order valence-corrected chi connectivity index (χ3v) is 4.97. The van der Waals surface area contributed by atoms with Gasteiger partial charge in [-0.25, -0.2) is 0 Å². The second-order valence-corrected chi connectivity index (χ2v) is 6.69. The van der Waals surface area contributed by atoms with Gasteiger partial charge < -0.3 is 20.1 Å². The molecule has 5 nitrogen and oxygen atoms in total. The van der Waals surface area contributed by atoms with Crippen LogP contribution in [-0.4, -0.2) is 43.9 Å². The summed E-state index contributed by atoms with van der Waals surface area (Å²) in [6, 6.07) is 0. The first-order chi connectivity index (χ1) is 9.60. The highest BCUT2D eigenvalue weighted by atomic mass is 32.1. The number of thiazole rings is 1. The van der Waals surface area contributed by atoms with Gasteiger partial charge in [0.1, 0.15) is 0 Å². The van der Waals surface area contributed by atoms with Gasteiger partial charge in [-0.05, 0) is 38.1 Å². The van der Waals surface area contributed by atoms with E-state index < -0.39 is 0 Å². The van der Waals surface area contributed by atoms with Gasteiger partial charge in [0.15, 0.2) is 5.13 Å². The van der Waals surface area contributed by atoms with E-state index in [1.165, 1.54) is 0 Å². The highest BCUT2D eigenvalue weighted by Gasteiger charge is 2.19. The number of hydrogen-bond acceptors (Lipinski definition) is 6. The Hall–Kier alpha value is -0.850. The fourth-order valence-corrected chi connectivity index (χ4v) is 3.45. The molecule has 1 aliphatic rings. The van der Waals surface area contributed by atoms with E-state index >= 15 is 0 Å². The maximum absolute atomic E-state index is 9.51. The third-order valence-electron chi connectivity index (χ3n) is 3.76. The predicted octanol–water partition coefficient (Wildman–Crippen LogP) is 1.86. The lowest BCUT2D eigenvalue weighted by atomic mass is 9.87. The van der Waals surface area contributed by atoms with Crippen LogP contribution in [0.25, 0.3) is 0 Å². The van der Waals surface area contributed by atoms with Crippen LogP contribution in [0.15, 0.2) is 0 Å². The van der Waals surface area contributed by atoms with E-state index in [1.54, 1.807) is 18.4 Å². The summed E-state index contributed by atoms with van der Waals surface area (Å²) in [4.78, 5) is 7.60. The monoisotopic (exact) mass is 299 g/mol. The van der Waals surface area contributed by atoms with Crippen molar-refractivity contribution in [3.05, 3.63) is 4.88 Å². The molecular formula is C14H25N3O2S. The van der Waals surface area contributed by atoms with Crippen LogP contribution in [0.3, 0.4) is 0 Å². The quantitative estimate of drug-likeness (QED) is 0.839. The lowest BCUT2D eigenvalue weighted by Crippen LogP contribution is -2.27. The molecule has 0 spiro atoms. The Morgan fingerprint density at radius 2 is 2.05 bits per heavy atom. The number of methoxy groups -OCH3 is 1. The summed E-state index contributed by atoms with van der Waals surface area (Å²) in [6.07, 6.45) is 4.06. The highest BCUT2D eigenvalue weighted by Crippen LogP contribution is 2.30. The fraction of sp³-hybridized carbons (Fsp3) is 0.786. The third kappa shape index (κ3) is 4.07. The zero-order valence-electron chi connectivity index (χ0n) is 12.6. The van der Waals surface area contributed by atoms with Crippen LogP contribution in [0.2, 0.25) is 0 Å². The largest absolute Gasteiger partial charge is 0.480 e. The Kier molecular flexibility index (Phi) is 5.63. The molecule has 1 fully saturated rings. The van der Waals surface area contributed by atoms with Gasteiger partial charge in [-0.15, -0.1) is 0 Å². The van der Waals surface area contributed by atoms with Crippen molar-refractivity contribution in [1.29, 1.82) is 0 Å². The smallest absolute Gasteiger partial charge is 0.230 e. The Morgan fingerprint density at radius 3 is 2.65 bits per heavy atom. The van der Waals surface area contributed by atoms with Gasteiger partial charge in [0.25, 0.3) is 0 Å². The average molecular weight is 299 g/mol. The maximum Gasteiger partial charge on any atom is 0.230 e. The maximum atomic E-state index is 9.51. The zero-order valence-corrected chi connectivity index (χ0v) is 13.4. The van der Waals surface area contributed by atoms with E-state index in [9.17, 15) is 5.11 Å². The minimum atomic E-state index is -0.0736. The number of nitrogens with zero attached hydrogens (tertiary/aromatic N) is 2. The normalized spacial score (nSPS) is 22.8. The molecule has 1 heterocycles. The molecule has 0 unspecified atom stereocenters. The number of aromatic nitrogens is 1. The van der Waals surface area contributed by atoms with Crippen molar-refractivity contribution in [2.24, 2.45) is 5.92 Å². The predicted molar refractivity (Wildman–Crippen MR) is 82.7 cm³/mol. The van der Waals surface area contributed by atoms with Crippen molar-refractivity contribution < 1.29 is 9.84 Å². The molecule has 1 aliphatic carbocycles. The second-order valence-electron chi connectivity index (χ2n) is 5.63. The number of anilines is 1. The first-order valence-electron chi connectivity index (χ1n) is 7.20. The van der Waals surface area contributed by atoms with Gasteiger partial charge in [-0.3, -0.25) is 0 Å². The lowest BCUT2D eigenvalue weighted by molar-refractivity contribution is 0.108. The van der Waals surface area contributed by atoms with Crippen LogP contribution >= 0.6 is 11.3 Å². The van der Waals surface area contributed by atoms with Gasteiger partial charge in [-0.2, -0.15) is 4.98 Å². The van der Waals surface area contributed by atoms with Gasteiger partial charge in [0.05, 0.1) is 18.1 Å². The minimum absolute atomic E-state index is 0.0736. The van der Waals surface area contributed by atoms with Gasteiger partial charge in [0.2, 0.25) is 5.88 Å². The number of rotatable bonds is 6. The van der Waals surface area contributed by atoms with E-state index in [0.29, 0.717) is 5.92 Å². The van der Waals surface area contributed by atoms with E-state index in [-0.39, 0.29) is 6.10 Å². The molecule has 1 aromatic rings. The summed E-state index contributed by atoms with van der Waals surface area (Å²) in [7, 11) is 5.64. The molecule has 0 aliphatic heterocycles. The number of hydrogen-bond donors (Lipinski definition) is 2. The number of aliphatic hydroxyl groups is 1. The molecule has 0 amide bonds. The second kappa shape index (κ2) is 7.24. The summed E-state index contributed by atoms with van der Waals surface area (Å²) in [5.74, 6) is 1.41. The van der Waals surface area contributed by atoms with Crippen molar-refractivity contribution >= 4 is 16.5 Å². The summed E-state index contributed by atoms with van der Waals surface area (Å²) in [5, 5.41) is 14.0. The molecular weight excluding hydrogens is 274 g/mol. The summed E-state index contributed by atoms with van der Waals surface area (Å²) in [6.45, 7) is 1.80. The van der Waals surface area contributed by atoms with Gasteiger partial charge in [-0.1, -0.05) is 11.3 Å². The van der Waals surface area contributed by atoms with Crippen molar-refractivity contribution in [2.45, 2.75) is 38.3 Å². The molecule has 6 heteroatoms. The first kappa shape index (κ1) is 15.5. The zero-order chi connectivity index (χ0) is 14.5. The number of ether oxygens (including phenoxy) is 1. The molecule has 0 radical (unpaired) electrons. The molecule has 20 heavy (non-hydrogen) atoms. The molecule has 0 saturated heterocycles. The average Bonchev–Trinajstić information content (AvgIpc) is 2.84. The Labute approximate surface area is 125 Å². The SMILES string of the molecule is COc1nc(N(C)C)sc1CNCC1CCC(O)CC1. The van der Waals surface area contributed by atoms with Gasteiger partial charge in [0, 0.05) is 20.6 Å². The molecule has 2 rings (SSSR count). The van der Waals surface area contributed by atoms with E-state index in [1.807, 2.05) is 19.0 Å². The fourth-order valence-electron chi connectivity index (χ4n) is 2.53. The van der Waals surface area contributed by atoms with Crippen LogP contribution in [0, 0.1) is 5.92 Å². The number of nitrogens with one attached hydrogen (secondary N) is 1. The van der Waals surface area contributed by atoms with Crippen LogP contribution in [-0.2, 0) is 6.54 Å². The molecule has 0 aromatic carbocycles. The standard InChI is InChI=1S/C14H25N3O2S/c1-17(2)14-16-13(19-3)12(20-14)9-15-8-10-4-6-11(18)7-5-10/h10-11,15,18H,4-9H2,1-3H3. The Balaban J connectivity index is 1.81. The minimum Gasteiger partial charge on any atom is -0.480 e. The van der Waals surface area contributed by atoms with Crippen molar-refractivity contribution in [3.8, 4) is 5.88 Å². The first-order valence-corrected chi connectivity index (χ1v) is 8.01. The van der Waals surface area contributed by atoms with Crippen LogP contribution in [0.4, 0.5) is 5.13 Å². The molecule has 0 bridgehead atoms. The summed E-state index contributed by atoms with van der Waals surface area (Å²) in [5.41, 5.74) is 0. The lowest BCUT2D eigenvalue weighted by Gasteiger charge is -2.25. The van der Waals surface area contributed by atoms with E-state index in [4.69, 9.17) is 4.74 Å². The van der Waals surface area contributed by atoms with E-state index in [0.717, 1.165) is 54.7 Å². The molecule has 1 saturated carbocycles. The van der Waals surface area contributed by atoms with Crippen molar-refractivity contribution in [2.75, 3.05) is 32.6 Å². The topological polar surface area (TPSA) is 57.6 Å². The molecule has 0 atom stereocenters. The van der Waals surface area contributed by atoms with Crippen LogP contribution < -0.4 is 15.0 Å². The number of aliphatic hydroxyl groups excluding tert-OH is 1. The highest BCUT2D eigenvalue weighted by molar-refractivity contribution is 7.15. The molecule has 1 aromatic heterocycles. The summed E-state index contributed by atoms with van der Waals surface area (Å²) >= 11 is 1.67. The summed E-state index contributed by atoms with van der Waals surface area (Å²) < 4.78 is 5.33. The Bertz CT molecular complexity index is 415. The van der Waals surface area contributed by atoms with Crippen molar-refractivity contribution in [3.63, 3.8) is 0 Å². The van der Waals surface area contributed by atoms with Crippen LogP contribution in [0.5, 0.6) is 5.88 Å².